The average molecular weight is 427 g/mol. The molecule has 1 amide bonds. The molecule has 0 unspecified atom stereocenters. The summed E-state index contributed by atoms with van der Waals surface area (Å²) in [5.41, 5.74) is 1.21. The molecule has 0 radical (unpaired) electrons. The molecule has 0 saturated heterocycles. The molecule has 29 heavy (non-hydrogen) atoms. The van der Waals surface area contributed by atoms with Crippen LogP contribution in [0.2, 0.25) is 5.02 Å². The number of hydrogen-bond acceptors (Lipinski definition) is 5. The Balaban J connectivity index is 1.58. The Morgan fingerprint density at radius 3 is 2.31 bits per heavy atom. The maximum absolute atomic E-state index is 12.3. The summed E-state index contributed by atoms with van der Waals surface area (Å²) >= 11 is 7.21. The van der Waals surface area contributed by atoms with Gasteiger partial charge in [-0.15, -0.1) is 11.8 Å². The van der Waals surface area contributed by atoms with Crippen LogP contribution in [0.25, 0.3) is 0 Å². The van der Waals surface area contributed by atoms with Crippen LogP contribution in [0.3, 0.4) is 0 Å². The zero-order valence-corrected chi connectivity index (χ0v) is 16.6. The molecule has 0 fully saturated rings. The summed E-state index contributed by atoms with van der Waals surface area (Å²) in [6, 6.07) is 19.3. The minimum Gasteiger partial charge on any atom is -0.322 e. The van der Waals surface area contributed by atoms with Crippen molar-refractivity contribution in [3.8, 4) is 0 Å². The van der Waals surface area contributed by atoms with Gasteiger partial charge in [0.05, 0.1) is 10.7 Å². The monoisotopic (exact) mass is 426 g/mol. The van der Waals surface area contributed by atoms with Crippen molar-refractivity contribution in [1.29, 1.82) is 0 Å². The van der Waals surface area contributed by atoms with Crippen LogP contribution in [0, 0.1) is 10.1 Å². The molecule has 0 saturated carbocycles. The van der Waals surface area contributed by atoms with E-state index >= 15 is 0 Å². The lowest BCUT2D eigenvalue weighted by Crippen LogP contribution is -2.12. The molecule has 0 atom stereocenters. The highest BCUT2D eigenvalue weighted by atomic mass is 35.5. The molecule has 0 heterocycles. The zero-order chi connectivity index (χ0) is 20.8. The summed E-state index contributed by atoms with van der Waals surface area (Å²) in [4.78, 5) is 35.6. The standard InChI is InChI=1S/C21H15ClN2O4S/c22-16-6-4-14(5-7-16)20(25)13-29-19-10-8-17(9-11-19)23-21(26)15-2-1-3-18(12-15)24(27)28/h1-12H,13H2,(H,23,26). The maximum atomic E-state index is 12.3. The largest absolute Gasteiger partial charge is 0.322 e. The number of non-ortho nitro benzene ring substituents is 1. The van der Waals surface area contributed by atoms with Crippen LogP contribution in [0.4, 0.5) is 11.4 Å². The second-order valence-electron chi connectivity index (χ2n) is 6.00. The number of halogens is 1. The predicted octanol–water partition coefficient (Wildman–Crippen LogP) is 5.48. The first kappa shape index (κ1) is 20.6. The number of thioether (sulfide) groups is 1. The van der Waals surface area contributed by atoms with Crippen molar-refractivity contribution in [3.63, 3.8) is 0 Å². The first-order chi connectivity index (χ1) is 13.9. The summed E-state index contributed by atoms with van der Waals surface area (Å²) < 4.78 is 0. The second kappa shape index (κ2) is 9.36. The van der Waals surface area contributed by atoms with Gasteiger partial charge >= 0.3 is 0 Å². The number of amides is 1. The van der Waals surface area contributed by atoms with E-state index in [2.05, 4.69) is 5.32 Å². The van der Waals surface area contributed by atoms with E-state index in [0.717, 1.165) is 4.90 Å². The molecule has 3 aromatic carbocycles. The van der Waals surface area contributed by atoms with E-state index in [1.165, 1.54) is 36.0 Å². The maximum Gasteiger partial charge on any atom is 0.270 e. The van der Waals surface area contributed by atoms with Gasteiger partial charge in [0.25, 0.3) is 11.6 Å². The Morgan fingerprint density at radius 2 is 1.66 bits per heavy atom. The minimum atomic E-state index is -0.547. The fourth-order valence-electron chi connectivity index (χ4n) is 2.47. The number of nitro groups is 1. The number of Topliss-reactive ketones (excluding diaryl/α,β-unsaturated/α-hetero) is 1. The van der Waals surface area contributed by atoms with Gasteiger partial charge in [-0.3, -0.25) is 19.7 Å². The van der Waals surface area contributed by atoms with E-state index in [0.29, 0.717) is 16.3 Å². The summed E-state index contributed by atoms with van der Waals surface area (Å²) in [7, 11) is 0. The van der Waals surface area contributed by atoms with Crippen LogP contribution in [-0.2, 0) is 0 Å². The number of nitro benzene ring substituents is 1. The molecule has 146 valence electrons. The zero-order valence-electron chi connectivity index (χ0n) is 15.0. The number of nitrogens with one attached hydrogen (secondary N) is 1. The SMILES string of the molecule is O=C(CSc1ccc(NC(=O)c2cccc([N+](=O)[O-])c2)cc1)c1ccc(Cl)cc1. The van der Waals surface area contributed by atoms with Crippen molar-refractivity contribution in [3.05, 3.63) is 99.1 Å². The van der Waals surface area contributed by atoms with E-state index in [1.54, 1.807) is 48.5 Å². The third-order valence-electron chi connectivity index (χ3n) is 3.97. The van der Waals surface area contributed by atoms with Crippen molar-refractivity contribution in [2.24, 2.45) is 0 Å². The molecule has 3 rings (SSSR count). The van der Waals surface area contributed by atoms with Gasteiger partial charge in [0.2, 0.25) is 0 Å². The van der Waals surface area contributed by atoms with E-state index < -0.39 is 10.8 Å². The molecular weight excluding hydrogens is 412 g/mol. The fourth-order valence-corrected chi connectivity index (χ4v) is 3.39. The van der Waals surface area contributed by atoms with Crippen LogP contribution in [0.15, 0.2) is 77.7 Å². The number of hydrogen-bond donors (Lipinski definition) is 1. The van der Waals surface area contributed by atoms with Gasteiger partial charge in [-0.25, -0.2) is 0 Å². The van der Waals surface area contributed by atoms with Crippen molar-refractivity contribution >= 4 is 46.4 Å². The Labute approximate surface area is 176 Å². The van der Waals surface area contributed by atoms with Crippen LogP contribution in [0.1, 0.15) is 20.7 Å². The van der Waals surface area contributed by atoms with Crippen LogP contribution < -0.4 is 5.32 Å². The lowest BCUT2D eigenvalue weighted by molar-refractivity contribution is -0.384. The minimum absolute atomic E-state index is 0.00489. The van der Waals surface area contributed by atoms with Gasteiger partial charge < -0.3 is 5.32 Å². The summed E-state index contributed by atoms with van der Waals surface area (Å²) in [5, 5.41) is 14.1. The highest BCUT2D eigenvalue weighted by molar-refractivity contribution is 8.00. The molecule has 0 aliphatic rings. The van der Waals surface area contributed by atoms with Gasteiger partial charge in [-0.05, 0) is 54.6 Å². The molecule has 0 aromatic heterocycles. The second-order valence-corrected chi connectivity index (χ2v) is 7.49. The Bertz CT molecular complexity index is 1050. The molecule has 0 aliphatic heterocycles. The van der Waals surface area contributed by atoms with Gasteiger partial charge in [-0.1, -0.05) is 17.7 Å². The first-order valence-electron chi connectivity index (χ1n) is 8.50. The lowest BCUT2D eigenvalue weighted by Gasteiger charge is -2.07. The van der Waals surface area contributed by atoms with Crippen molar-refractivity contribution in [2.75, 3.05) is 11.1 Å². The highest BCUT2D eigenvalue weighted by Crippen LogP contribution is 2.22. The first-order valence-corrected chi connectivity index (χ1v) is 9.86. The van der Waals surface area contributed by atoms with Gasteiger partial charge in [-0.2, -0.15) is 0 Å². The number of carbonyl (C=O) groups excluding carboxylic acids is 2. The predicted molar refractivity (Wildman–Crippen MR) is 114 cm³/mol. The van der Waals surface area contributed by atoms with Gasteiger partial charge in [0, 0.05) is 38.9 Å². The quantitative estimate of drug-likeness (QED) is 0.234. The van der Waals surface area contributed by atoms with Gasteiger partial charge in [0.15, 0.2) is 5.78 Å². The Morgan fingerprint density at radius 1 is 0.966 bits per heavy atom. The van der Waals surface area contributed by atoms with Crippen molar-refractivity contribution in [2.45, 2.75) is 4.90 Å². The summed E-state index contributed by atoms with van der Waals surface area (Å²) in [5.74, 6) is -0.164. The number of anilines is 1. The third-order valence-corrected chi connectivity index (χ3v) is 5.23. The molecule has 8 heteroatoms. The molecule has 1 N–H and O–H groups in total. The van der Waals surface area contributed by atoms with Crippen LogP contribution in [0.5, 0.6) is 0 Å². The number of ketones is 1. The smallest absolute Gasteiger partial charge is 0.270 e. The van der Waals surface area contributed by atoms with E-state index in [9.17, 15) is 19.7 Å². The Kier molecular flexibility index (Phi) is 6.64. The fraction of sp³-hybridized carbons (Fsp3) is 0.0476. The molecule has 6 nitrogen and oxygen atoms in total. The number of benzene rings is 3. The summed E-state index contributed by atoms with van der Waals surface area (Å²) in [6.45, 7) is 0. The van der Waals surface area contributed by atoms with Gasteiger partial charge in [0.1, 0.15) is 0 Å². The van der Waals surface area contributed by atoms with Crippen LogP contribution >= 0.6 is 23.4 Å². The van der Waals surface area contributed by atoms with E-state index in [1.807, 2.05) is 0 Å². The molecule has 0 spiro atoms. The summed E-state index contributed by atoms with van der Waals surface area (Å²) in [6.07, 6.45) is 0. The van der Waals surface area contributed by atoms with Crippen LogP contribution in [-0.4, -0.2) is 22.4 Å². The third kappa shape index (κ3) is 5.66. The molecule has 0 aliphatic carbocycles. The molecule has 0 bridgehead atoms. The Hall–Kier alpha value is -3.16. The molecular formula is C21H15ClN2O4S. The highest BCUT2D eigenvalue weighted by Gasteiger charge is 2.12. The average Bonchev–Trinajstić information content (AvgIpc) is 2.73. The topological polar surface area (TPSA) is 89.3 Å². The van der Waals surface area contributed by atoms with E-state index in [-0.39, 0.29) is 22.8 Å². The van der Waals surface area contributed by atoms with E-state index in [4.69, 9.17) is 11.6 Å². The number of rotatable bonds is 7. The number of carbonyl (C=O) groups is 2. The lowest BCUT2D eigenvalue weighted by atomic mass is 10.1. The van der Waals surface area contributed by atoms with Crippen molar-refractivity contribution in [1.82, 2.24) is 0 Å². The molecule has 3 aromatic rings. The van der Waals surface area contributed by atoms with Crippen molar-refractivity contribution < 1.29 is 14.5 Å². The number of nitrogens with zero attached hydrogens (tertiary/aromatic N) is 1. The normalized spacial score (nSPS) is 10.4.